The lowest BCUT2D eigenvalue weighted by molar-refractivity contribution is -0.129. The van der Waals surface area contributed by atoms with E-state index in [-0.39, 0.29) is 16.5 Å². The van der Waals surface area contributed by atoms with Gasteiger partial charge >= 0.3 is 0 Å². The van der Waals surface area contributed by atoms with Crippen LogP contribution in [0.1, 0.15) is 29.2 Å². The molecule has 1 aliphatic rings. The maximum Gasteiger partial charge on any atom is 0.236 e. The molecule has 18 heavy (non-hydrogen) atoms. The number of amides is 1. The normalized spacial score (nSPS) is 23.9. The lowest BCUT2D eigenvalue weighted by Gasteiger charge is -2.23. The summed E-state index contributed by atoms with van der Waals surface area (Å²) in [5.41, 5.74) is 1.30. The smallest absolute Gasteiger partial charge is 0.236 e. The molecule has 0 spiro atoms. The number of rotatable bonds is 5. The maximum absolute atomic E-state index is 12.2. The van der Waals surface area contributed by atoms with Gasteiger partial charge in [-0.3, -0.25) is 4.79 Å². The second-order valence-electron chi connectivity index (χ2n) is 4.59. The van der Waals surface area contributed by atoms with Crippen LogP contribution in [0.15, 0.2) is 11.4 Å². The third-order valence-electron chi connectivity index (χ3n) is 3.20. The van der Waals surface area contributed by atoms with Crippen molar-refractivity contribution in [3.63, 3.8) is 0 Å². The quantitative estimate of drug-likeness (QED) is 0.844. The number of thiophene rings is 1. The van der Waals surface area contributed by atoms with Crippen molar-refractivity contribution in [3.05, 3.63) is 21.9 Å². The van der Waals surface area contributed by atoms with E-state index in [1.54, 1.807) is 23.1 Å². The van der Waals surface area contributed by atoms with E-state index in [0.29, 0.717) is 0 Å². The summed E-state index contributed by atoms with van der Waals surface area (Å²) in [6, 6.07) is 2.14. The highest BCUT2D eigenvalue weighted by Gasteiger charge is 2.39. The molecule has 1 fully saturated rings. The Hall–Kier alpha value is -0.520. The average Bonchev–Trinajstić information content (AvgIpc) is 2.87. The molecule has 2 rings (SSSR count). The average molecular weight is 284 g/mol. The van der Waals surface area contributed by atoms with Gasteiger partial charge in [0.1, 0.15) is 5.37 Å². The fraction of sp³-hybridized carbons (Fsp3) is 0.615. The predicted molar refractivity (Wildman–Crippen MR) is 79.1 cm³/mol. The van der Waals surface area contributed by atoms with Gasteiger partial charge in [-0.1, -0.05) is 0 Å². The lowest BCUT2D eigenvalue weighted by Crippen LogP contribution is -2.32. The van der Waals surface area contributed by atoms with Gasteiger partial charge in [0.15, 0.2) is 0 Å². The fourth-order valence-electron chi connectivity index (χ4n) is 2.17. The van der Waals surface area contributed by atoms with Gasteiger partial charge in [-0.05, 0) is 50.9 Å². The Kier molecular flexibility index (Phi) is 4.70. The Bertz CT molecular complexity index is 419. The van der Waals surface area contributed by atoms with Gasteiger partial charge in [0.2, 0.25) is 5.91 Å². The third-order valence-corrected chi connectivity index (χ3v) is 5.78. The van der Waals surface area contributed by atoms with Gasteiger partial charge in [-0.15, -0.1) is 23.1 Å². The van der Waals surface area contributed by atoms with Gasteiger partial charge in [0.25, 0.3) is 0 Å². The van der Waals surface area contributed by atoms with Gasteiger partial charge < -0.3 is 10.2 Å². The predicted octanol–water partition coefficient (Wildman–Crippen LogP) is 2.63. The van der Waals surface area contributed by atoms with Gasteiger partial charge in [-0.2, -0.15) is 0 Å². The molecule has 1 aromatic rings. The molecule has 2 heterocycles. The summed E-state index contributed by atoms with van der Waals surface area (Å²) in [5.74, 6) is 0.286. The molecule has 0 saturated carbocycles. The molecular weight excluding hydrogens is 264 g/mol. The van der Waals surface area contributed by atoms with Crippen LogP contribution in [0.25, 0.3) is 0 Å². The molecule has 0 bridgehead atoms. The van der Waals surface area contributed by atoms with Crippen molar-refractivity contribution < 1.29 is 4.79 Å². The largest absolute Gasteiger partial charge is 0.325 e. The van der Waals surface area contributed by atoms with Crippen LogP contribution in [0.3, 0.4) is 0 Å². The van der Waals surface area contributed by atoms with Crippen LogP contribution in [0.2, 0.25) is 0 Å². The number of hydrogen-bond donors (Lipinski definition) is 1. The zero-order valence-electron chi connectivity index (χ0n) is 11.1. The summed E-state index contributed by atoms with van der Waals surface area (Å²) in [5, 5.41) is 5.57. The molecule has 1 saturated heterocycles. The van der Waals surface area contributed by atoms with E-state index < -0.39 is 0 Å². The van der Waals surface area contributed by atoms with Crippen molar-refractivity contribution in [1.82, 2.24) is 10.2 Å². The Morgan fingerprint density at radius 1 is 1.50 bits per heavy atom. The van der Waals surface area contributed by atoms with Gasteiger partial charge in [0.05, 0.1) is 5.25 Å². The summed E-state index contributed by atoms with van der Waals surface area (Å²) in [7, 11) is 1.95. The van der Waals surface area contributed by atoms with Crippen LogP contribution < -0.4 is 5.32 Å². The molecule has 5 heteroatoms. The zero-order chi connectivity index (χ0) is 13.1. The first-order valence-electron chi connectivity index (χ1n) is 6.29. The Balaban J connectivity index is 2.12. The Labute approximate surface area is 117 Å². The van der Waals surface area contributed by atoms with E-state index in [0.717, 1.165) is 19.5 Å². The summed E-state index contributed by atoms with van der Waals surface area (Å²) in [4.78, 5) is 15.6. The Morgan fingerprint density at radius 2 is 2.28 bits per heavy atom. The molecule has 3 nitrogen and oxygen atoms in total. The number of hydrogen-bond acceptors (Lipinski definition) is 4. The van der Waals surface area contributed by atoms with E-state index in [2.05, 4.69) is 23.7 Å². The number of carbonyl (C=O) groups excluding carboxylic acids is 1. The summed E-state index contributed by atoms with van der Waals surface area (Å²) < 4.78 is 0. The molecule has 0 radical (unpaired) electrons. The van der Waals surface area contributed by atoms with Crippen molar-refractivity contribution in [2.45, 2.75) is 30.9 Å². The van der Waals surface area contributed by atoms with Gasteiger partial charge in [0, 0.05) is 11.4 Å². The monoisotopic (exact) mass is 284 g/mol. The minimum absolute atomic E-state index is 0.0890. The summed E-state index contributed by atoms with van der Waals surface area (Å²) in [6.07, 6.45) is 1.01. The summed E-state index contributed by atoms with van der Waals surface area (Å²) >= 11 is 3.54. The molecule has 1 N–H and O–H groups in total. The molecule has 0 aromatic carbocycles. The second-order valence-corrected chi connectivity index (χ2v) is 6.96. The first kappa shape index (κ1) is 13.9. The molecule has 1 aliphatic heterocycles. The maximum atomic E-state index is 12.2. The van der Waals surface area contributed by atoms with E-state index >= 15 is 0 Å². The van der Waals surface area contributed by atoms with Crippen molar-refractivity contribution >= 4 is 29.0 Å². The van der Waals surface area contributed by atoms with E-state index in [9.17, 15) is 4.79 Å². The standard InChI is InChI=1S/C13H20N2OS2/c1-9-5-8-17-11(9)13-15(7-4-6-14-3)12(16)10(2)18-13/h5,8,10,13-14H,4,6-7H2,1-3H3/t10-,13-/m0/s1. The molecule has 0 unspecified atom stereocenters. The first-order valence-corrected chi connectivity index (χ1v) is 8.12. The van der Waals surface area contributed by atoms with Crippen LogP contribution in [0.5, 0.6) is 0 Å². The number of carbonyl (C=O) groups is 1. The number of nitrogens with one attached hydrogen (secondary N) is 1. The molecule has 0 aliphatic carbocycles. The summed E-state index contributed by atoms with van der Waals surface area (Å²) in [6.45, 7) is 5.95. The van der Waals surface area contributed by atoms with E-state index in [1.807, 2.05) is 18.9 Å². The molecule has 2 atom stereocenters. The van der Waals surface area contributed by atoms with Crippen molar-refractivity contribution in [3.8, 4) is 0 Å². The molecule has 1 amide bonds. The number of thioether (sulfide) groups is 1. The van der Waals surface area contributed by atoms with E-state index in [4.69, 9.17) is 0 Å². The highest BCUT2D eigenvalue weighted by atomic mass is 32.2. The van der Waals surface area contributed by atoms with Gasteiger partial charge in [-0.25, -0.2) is 0 Å². The highest BCUT2D eigenvalue weighted by Crippen LogP contribution is 2.45. The van der Waals surface area contributed by atoms with Crippen LogP contribution >= 0.6 is 23.1 Å². The molecule has 1 aromatic heterocycles. The molecule has 100 valence electrons. The lowest BCUT2D eigenvalue weighted by atomic mass is 10.2. The zero-order valence-corrected chi connectivity index (χ0v) is 12.7. The third kappa shape index (κ3) is 2.73. The second kappa shape index (κ2) is 6.08. The van der Waals surface area contributed by atoms with Crippen LogP contribution in [-0.2, 0) is 4.79 Å². The SMILES string of the molecule is CNCCCN1C(=O)[C@H](C)S[C@H]1c1sccc1C. The fourth-order valence-corrected chi connectivity index (χ4v) is 4.72. The van der Waals surface area contributed by atoms with Crippen LogP contribution in [-0.4, -0.2) is 36.2 Å². The van der Waals surface area contributed by atoms with E-state index in [1.165, 1.54) is 10.4 Å². The molecular formula is C13H20N2OS2. The van der Waals surface area contributed by atoms with Crippen molar-refractivity contribution in [1.29, 1.82) is 0 Å². The number of aryl methyl sites for hydroxylation is 1. The Morgan fingerprint density at radius 3 is 2.89 bits per heavy atom. The first-order chi connectivity index (χ1) is 8.65. The highest BCUT2D eigenvalue weighted by molar-refractivity contribution is 8.01. The van der Waals surface area contributed by atoms with Crippen molar-refractivity contribution in [2.75, 3.05) is 20.1 Å². The van der Waals surface area contributed by atoms with Crippen LogP contribution in [0, 0.1) is 6.92 Å². The van der Waals surface area contributed by atoms with Crippen LogP contribution in [0.4, 0.5) is 0 Å². The minimum Gasteiger partial charge on any atom is -0.325 e. The van der Waals surface area contributed by atoms with Crippen molar-refractivity contribution in [2.24, 2.45) is 0 Å². The number of nitrogens with zero attached hydrogens (tertiary/aromatic N) is 1. The topological polar surface area (TPSA) is 32.3 Å². The minimum atomic E-state index is 0.0890.